The van der Waals surface area contributed by atoms with Crippen LogP contribution >= 0.6 is 0 Å². The Balaban J connectivity index is 0.00000205. The molecule has 2 aliphatic heterocycles. The van der Waals surface area contributed by atoms with Gasteiger partial charge in [0.05, 0.1) is 11.2 Å². The number of nitrogens with zero attached hydrogens (tertiary/aromatic N) is 1. The van der Waals surface area contributed by atoms with Crippen LogP contribution in [0.2, 0.25) is 0 Å². The van der Waals surface area contributed by atoms with Crippen molar-refractivity contribution in [2.75, 3.05) is 13.4 Å². The third kappa shape index (κ3) is 6.47. The monoisotopic (exact) mass is 538 g/mol. The van der Waals surface area contributed by atoms with Gasteiger partial charge in [0.25, 0.3) is 0 Å². The number of aromatic nitrogens is 1. The molecule has 2 aromatic rings. The Hall–Kier alpha value is -3.72. The van der Waals surface area contributed by atoms with E-state index in [0.717, 1.165) is 33.3 Å². The van der Waals surface area contributed by atoms with Gasteiger partial charge in [0, 0.05) is 42.1 Å². The Morgan fingerprint density at radius 1 is 1.10 bits per heavy atom. The van der Waals surface area contributed by atoms with Crippen molar-refractivity contribution >= 4 is 34.2 Å². The molecule has 1 aromatic heterocycles. The van der Waals surface area contributed by atoms with E-state index in [0.29, 0.717) is 30.0 Å². The fraction of sp³-hybridized carbons (Fsp3) is 0.467. The molecule has 1 atom stereocenters. The van der Waals surface area contributed by atoms with Crippen molar-refractivity contribution in [3.05, 3.63) is 46.2 Å². The summed E-state index contributed by atoms with van der Waals surface area (Å²) in [5.74, 6) is -0.308. The molecule has 0 radical (unpaired) electrons. The summed E-state index contributed by atoms with van der Waals surface area (Å²) >= 11 is 0. The van der Waals surface area contributed by atoms with Gasteiger partial charge in [-0.3, -0.25) is 9.59 Å². The highest BCUT2D eigenvalue weighted by Crippen LogP contribution is 2.39. The number of esters is 2. The number of ether oxygens (including phenoxy) is 4. The molecule has 9 nitrogen and oxygen atoms in total. The van der Waals surface area contributed by atoms with Gasteiger partial charge in [-0.15, -0.1) is 0 Å². The zero-order valence-electron chi connectivity index (χ0n) is 24.0. The summed E-state index contributed by atoms with van der Waals surface area (Å²) in [5, 5.41) is 4.47. The van der Waals surface area contributed by atoms with E-state index in [1.807, 2.05) is 32.9 Å². The average Bonchev–Trinajstić information content (AvgIpc) is 3.35. The van der Waals surface area contributed by atoms with E-state index in [9.17, 15) is 14.4 Å². The number of benzene rings is 1. The number of ketones is 1. The van der Waals surface area contributed by atoms with Crippen LogP contribution in [0.15, 0.2) is 29.4 Å². The van der Waals surface area contributed by atoms with Crippen molar-refractivity contribution in [2.45, 2.75) is 80.5 Å². The topological polar surface area (TPSA) is 113 Å². The molecule has 0 bridgehead atoms. The molecule has 210 valence electrons. The Labute approximate surface area is 229 Å². The van der Waals surface area contributed by atoms with Gasteiger partial charge in [-0.2, -0.15) is 0 Å². The molecule has 0 fully saturated rings. The van der Waals surface area contributed by atoms with Crippen LogP contribution in [0.4, 0.5) is 0 Å². The van der Waals surface area contributed by atoms with Crippen molar-refractivity contribution in [2.24, 2.45) is 0 Å². The largest absolute Gasteiger partial charge is 0.458 e. The number of fused-ring (bicyclic) bond motifs is 2. The molecule has 1 N–H and O–H groups in total. The molecule has 2 aliphatic rings. The molecular weight excluding hydrogens is 500 g/mol. The fourth-order valence-electron chi connectivity index (χ4n) is 4.61. The quantitative estimate of drug-likeness (QED) is 0.472. The van der Waals surface area contributed by atoms with Crippen molar-refractivity contribution in [1.82, 2.24) is 10.3 Å². The number of carbonyl (C=O) groups is 3. The first kappa shape index (κ1) is 29.8. The summed E-state index contributed by atoms with van der Waals surface area (Å²) in [7, 11) is 0. The number of cyclic esters (lactones) is 1. The van der Waals surface area contributed by atoms with E-state index in [1.165, 1.54) is 13.8 Å². The zero-order chi connectivity index (χ0) is 28.9. The van der Waals surface area contributed by atoms with Gasteiger partial charge in [0.2, 0.25) is 12.9 Å². The minimum Gasteiger partial charge on any atom is -0.458 e. The highest BCUT2D eigenvalue weighted by atomic mass is 16.7. The van der Waals surface area contributed by atoms with Gasteiger partial charge in [-0.25, -0.2) is 9.78 Å². The lowest BCUT2D eigenvalue weighted by atomic mass is 9.91. The SMILES string of the molecule is CC.CCc1c(/C(C)=C/C2=C(C(C)=O)COC(=O)C2OC(C)=O)nc2cc3c(cc2c1CNC(C)C)OCO3. The minimum absolute atomic E-state index is 0.160. The maximum absolute atomic E-state index is 12.5. The van der Waals surface area contributed by atoms with Crippen molar-refractivity contribution in [1.29, 1.82) is 0 Å². The predicted octanol–water partition coefficient (Wildman–Crippen LogP) is 4.83. The lowest BCUT2D eigenvalue weighted by Gasteiger charge is -2.25. The van der Waals surface area contributed by atoms with E-state index in [2.05, 4.69) is 26.1 Å². The molecule has 0 amide bonds. The average molecular weight is 539 g/mol. The Kier molecular flexibility index (Phi) is 9.86. The van der Waals surface area contributed by atoms with Crippen molar-refractivity contribution < 1.29 is 33.3 Å². The smallest absolute Gasteiger partial charge is 0.352 e. The van der Waals surface area contributed by atoms with Gasteiger partial charge in [0.15, 0.2) is 17.3 Å². The van der Waals surface area contributed by atoms with Gasteiger partial charge in [-0.1, -0.05) is 34.6 Å². The second kappa shape index (κ2) is 12.9. The summed E-state index contributed by atoms with van der Waals surface area (Å²) in [6.07, 6.45) is 1.09. The van der Waals surface area contributed by atoms with E-state index in [-0.39, 0.29) is 30.8 Å². The van der Waals surface area contributed by atoms with Crippen LogP contribution < -0.4 is 14.8 Å². The summed E-state index contributed by atoms with van der Waals surface area (Å²) in [5.41, 5.74) is 4.91. The number of pyridine rings is 1. The van der Waals surface area contributed by atoms with Crippen molar-refractivity contribution in [3.8, 4) is 11.5 Å². The number of Topliss-reactive ketones (excluding diaryl/α,β-unsaturated/α-hetero) is 1. The van der Waals surface area contributed by atoms with Gasteiger partial charge in [0.1, 0.15) is 6.61 Å². The van der Waals surface area contributed by atoms with E-state index < -0.39 is 18.0 Å². The maximum atomic E-state index is 12.5. The summed E-state index contributed by atoms with van der Waals surface area (Å²) in [4.78, 5) is 41.7. The molecule has 4 rings (SSSR count). The van der Waals surface area contributed by atoms with Crippen LogP contribution in [0.3, 0.4) is 0 Å². The number of hydrogen-bond acceptors (Lipinski definition) is 9. The van der Waals surface area contributed by atoms with Gasteiger partial charge >= 0.3 is 11.9 Å². The first-order valence-corrected chi connectivity index (χ1v) is 13.4. The summed E-state index contributed by atoms with van der Waals surface area (Å²) < 4.78 is 21.6. The highest BCUT2D eigenvalue weighted by Gasteiger charge is 2.35. The molecule has 3 heterocycles. The molecule has 0 spiro atoms. The minimum atomic E-state index is -1.32. The zero-order valence-corrected chi connectivity index (χ0v) is 24.0. The van der Waals surface area contributed by atoms with E-state index >= 15 is 0 Å². The molecule has 1 aromatic carbocycles. The third-order valence-corrected chi connectivity index (χ3v) is 6.40. The standard InChI is InChI=1S/C28H32N2O7.C2H6/c1-7-18-21(11-29-14(2)3)19-9-24-25(36-13-35-24)10-23(19)30-26(18)15(4)8-20-22(16(5)31)12-34-28(33)27(20)37-17(6)32;1-2/h8-10,14,27,29H,7,11-13H2,1-6H3;1-2H3/b15-8+;. The third-order valence-electron chi connectivity index (χ3n) is 6.40. The molecule has 0 saturated carbocycles. The van der Waals surface area contributed by atoms with E-state index in [1.54, 1.807) is 6.08 Å². The lowest BCUT2D eigenvalue weighted by Crippen LogP contribution is -2.36. The lowest BCUT2D eigenvalue weighted by molar-refractivity contribution is -0.164. The van der Waals surface area contributed by atoms with Crippen LogP contribution in [0.25, 0.3) is 16.5 Å². The number of rotatable bonds is 8. The Morgan fingerprint density at radius 3 is 2.36 bits per heavy atom. The molecular formula is C30H38N2O7. The van der Waals surface area contributed by atoms with Crippen LogP contribution in [-0.4, -0.2) is 48.3 Å². The van der Waals surface area contributed by atoms with Crippen LogP contribution in [0.5, 0.6) is 11.5 Å². The number of nitrogens with one attached hydrogen (secondary N) is 1. The predicted molar refractivity (Wildman–Crippen MR) is 148 cm³/mol. The van der Waals surface area contributed by atoms with E-state index in [4.69, 9.17) is 23.9 Å². The molecule has 1 unspecified atom stereocenters. The molecule has 9 heteroatoms. The second-order valence-corrected chi connectivity index (χ2v) is 9.44. The van der Waals surface area contributed by atoms with Gasteiger partial charge < -0.3 is 24.3 Å². The number of carbonyl (C=O) groups excluding carboxylic acids is 3. The number of allylic oxidation sites excluding steroid dienone is 1. The molecule has 0 aliphatic carbocycles. The molecule has 39 heavy (non-hydrogen) atoms. The van der Waals surface area contributed by atoms with Crippen LogP contribution in [0.1, 0.15) is 72.2 Å². The Bertz CT molecular complexity index is 1340. The molecule has 0 saturated heterocycles. The Morgan fingerprint density at radius 2 is 1.77 bits per heavy atom. The second-order valence-electron chi connectivity index (χ2n) is 9.44. The highest BCUT2D eigenvalue weighted by molar-refractivity contribution is 5.99. The van der Waals surface area contributed by atoms with Crippen LogP contribution in [0, 0.1) is 0 Å². The number of hydrogen-bond donors (Lipinski definition) is 1. The first-order valence-electron chi connectivity index (χ1n) is 13.4. The first-order chi connectivity index (χ1) is 18.6. The van der Waals surface area contributed by atoms with Crippen molar-refractivity contribution in [3.63, 3.8) is 0 Å². The summed E-state index contributed by atoms with van der Waals surface area (Å²) in [6.45, 7) is 15.3. The maximum Gasteiger partial charge on any atom is 0.352 e. The van der Waals surface area contributed by atoms with Gasteiger partial charge in [-0.05, 0) is 49.1 Å². The summed E-state index contributed by atoms with van der Waals surface area (Å²) in [6, 6.07) is 4.10. The van der Waals surface area contributed by atoms with Crippen LogP contribution in [-0.2, 0) is 36.8 Å². The normalized spacial score (nSPS) is 16.7. The fourth-order valence-corrected chi connectivity index (χ4v) is 4.61.